The lowest BCUT2D eigenvalue weighted by Crippen LogP contribution is -2.45. The maximum absolute atomic E-state index is 13.3. The Bertz CT molecular complexity index is 1450. The van der Waals surface area contributed by atoms with Gasteiger partial charge in [-0.1, -0.05) is 23.2 Å². The molecule has 2 amide bonds. The van der Waals surface area contributed by atoms with Crippen LogP contribution in [0.3, 0.4) is 0 Å². The second-order valence-corrected chi connectivity index (χ2v) is 9.34. The van der Waals surface area contributed by atoms with Crippen molar-refractivity contribution in [2.75, 3.05) is 18.9 Å². The van der Waals surface area contributed by atoms with Gasteiger partial charge < -0.3 is 20.5 Å². The predicted octanol–water partition coefficient (Wildman–Crippen LogP) is 4.34. The molecule has 0 saturated carbocycles. The molecule has 2 aromatic heterocycles. The molecule has 0 radical (unpaired) electrons. The molecule has 2 atom stereocenters. The van der Waals surface area contributed by atoms with E-state index in [0.717, 1.165) is 23.3 Å². The number of H-pyrrole nitrogens is 1. The van der Waals surface area contributed by atoms with Crippen molar-refractivity contribution in [2.45, 2.75) is 31.8 Å². The number of nitrogens with one attached hydrogen (secondary N) is 3. The smallest absolute Gasteiger partial charge is 0.256 e. The largest absolute Gasteiger partial charge is 0.360 e. The number of imidazole rings is 1. The van der Waals surface area contributed by atoms with Crippen molar-refractivity contribution in [3.05, 3.63) is 58.1 Å². The van der Waals surface area contributed by atoms with E-state index < -0.39 is 6.04 Å². The lowest BCUT2D eigenvalue weighted by atomic mass is 10.1. The zero-order chi connectivity index (χ0) is 24.7. The molecular weight excluding hydrogens is 489 g/mol. The Hall–Kier alpha value is -3.43. The van der Waals surface area contributed by atoms with E-state index in [-0.39, 0.29) is 22.9 Å². The SMILES string of the molecule is CNC(=O)[C@@H]1CCCN1C(=O)c1cc2ncnc(NC(C)c3nc4ccc(Cl)cc4[nH]3)c2cc1Cl. The van der Waals surface area contributed by atoms with Crippen molar-refractivity contribution in [3.8, 4) is 0 Å². The van der Waals surface area contributed by atoms with Gasteiger partial charge in [0, 0.05) is 24.0 Å². The van der Waals surface area contributed by atoms with E-state index in [1.807, 2.05) is 19.1 Å². The fraction of sp³-hybridized carbons (Fsp3) is 0.292. The minimum absolute atomic E-state index is 0.177. The summed E-state index contributed by atoms with van der Waals surface area (Å²) in [6, 6.07) is 8.11. The summed E-state index contributed by atoms with van der Waals surface area (Å²) < 4.78 is 0. The van der Waals surface area contributed by atoms with Crippen LogP contribution in [0.1, 0.15) is 42.0 Å². The highest BCUT2D eigenvalue weighted by Gasteiger charge is 2.35. The fourth-order valence-electron chi connectivity index (χ4n) is 4.44. The first-order valence-corrected chi connectivity index (χ1v) is 12.0. The van der Waals surface area contributed by atoms with Crippen LogP contribution in [0, 0.1) is 0 Å². The maximum Gasteiger partial charge on any atom is 0.256 e. The Morgan fingerprint density at radius 2 is 2.00 bits per heavy atom. The highest BCUT2D eigenvalue weighted by atomic mass is 35.5. The number of nitrogens with zero attached hydrogens (tertiary/aromatic N) is 4. The van der Waals surface area contributed by atoms with E-state index in [0.29, 0.717) is 40.3 Å². The Morgan fingerprint density at radius 1 is 1.17 bits per heavy atom. The summed E-state index contributed by atoms with van der Waals surface area (Å²) >= 11 is 12.7. The third-order valence-electron chi connectivity index (χ3n) is 6.24. The summed E-state index contributed by atoms with van der Waals surface area (Å²) in [4.78, 5) is 43.7. The molecule has 1 aliphatic heterocycles. The molecular formula is C24H23Cl2N7O2. The van der Waals surface area contributed by atoms with E-state index in [9.17, 15) is 9.59 Å². The number of aromatic nitrogens is 4. The zero-order valence-electron chi connectivity index (χ0n) is 19.1. The van der Waals surface area contributed by atoms with E-state index >= 15 is 0 Å². The van der Waals surface area contributed by atoms with Gasteiger partial charge >= 0.3 is 0 Å². The van der Waals surface area contributed by atoms with Gasteiger partial charge in [-0.3, -0.25) is 9.59 Å². The van der Waals surface area contributed by atoms with Gasteiger partial charge in [-0.15, -0.1) is 0 Å². The Kier molecular flexibility index (Phi) is 6.21. The first-order chi connectivity index (χ1) is 16.9. The summed E-state index contributed by atoms with van der Waals surface area (Å²) in [6.45, 7) is 2.46. The summed E-state index contributed by atoms with van der Waals surface area (Å²) in [5, 5.41) is 7.55. The average Bonchev–Trinajstić information content (AvgIpc) is 3.50. The third-order valence-corrected chi connectivity index (χ3v) is 6.79. The van der Waals surface area contributed by atoms with Crippen LogP contribution in [-0.4, -0.2) is 56.3 Å². The highest BCUT2D eigenvalue weighted by molar-refractivity contribution is 6.35. The molecule has 0 bridgehead atoms. The lowest BCUT2D eigenvalue weighted by molar-refractivity contribution is -0.124. The Balaban J connectivity index is 1.44. The van der Waals surface area contributed by atoms with Gasteiger partial charge in [-0.25, -0.2) is 15.0 Å². The van der Waals surface area contributed by atoms with Gasteiger partial charge in [-0.2, -0.15) is 0 Å². The average molecular weight is 512 g/mol. The van der Waals surface area contributed by atoms with Crippen LogP contribution in [0.2, 0.25) is 10.0 Å². The summed E-state index contributed by atoms with van der Waals surface area (Å²) in [5.41, 5.74) is 2.53. The number of hydrogen-bond acceptors (Lipinski definition) is 6. The van der Waals surface area contributed by atoms with E-state index in [4.69, 9.17) is 23.2 Å². The molecule has 1 aliphatic rings. The second kappa shape index (κ2) is 9.31. The highest BCUT2D eigenvalue weighted by Crippen LogP contribution is 2.31. The number of benzene rings is 2. The summed E-state index contributed by atoms with van der Waals surface area (Å²) in [5.74, 6) is 0.821. The van der Waals surface area contributed by atoms with Gasteiger partial charge in [0.05, 0.1) is 33.2 Å². The predicted molar refractivity (Wildman–Crippen MR) is 136 cm³/mol. The van der Waals surface area contributed by atoms with E-state index in [1.54, 1.807) is 30.1 Å². The maximum atomic E-state index is 13.3. The number of halogens is 2. The Labute approximate surface area is 211 Å². The molecule has 0 spiro atoms. The van der Waals surface area contributed by atoms with Crippen LogP contribution in [0.4, 0.5) is 5.82 Å². The first-order valence-electron chi connectivity index (χ1n) is 11.2. The molecule has 2 aromatic carbocycles. The number of carbonyl (C=O) groups excluding carboxylic acids is 2. The summed E-state index contributed by atoms with van der Waals surface area (Å²) in [7, 11) is 1.57. The topological polar surface area (TPSA) is 116 Å². The van der Waals surface area contributed by atoms with Crippen molar-refractivity contribution >= 4 is 62.8 Å². The molecule has 0 aliphatic carbocycles. The molecule has 180 valence electrons. The van der Waals surface area contributed by atoms with Crippen LogP contribution < -0.4 is 10.6 Å². The molecule has 35 heavy (non-hydrogen) atoms. The lowest BCUT2D eigenvalue weighted by Gasteiger charge is -2.24. The molecule has 4 aromatic rings. The molecule has 5 rings (SSSR count). The number of hydrogen-bond donors (Lipinski definition) is 3. The minimum Gasteiger partial charge on any atom is -0.360 e. The van der Waals surface area contributed by atoms with Gasteiger partial charge in [0.1, 0.15) is 24.0 Å². The van der Waals surface area contributed by atoms with Gasteiger partial charge in [0.2, 0.25) is 5.91 Å². The zero-order valence-corrected chi connectivity index (χ0v) is 20.6. The van der Waals surface area contributed by atoms with Crippen LogP contribution in [0.25, 0.3) is 21.9 Å². The number of rotatable bonds is 5. The number of carbonyl (C=O) groups is 2. The molecule has 1 unspecified atom stereocenters. The van der Waals surface area contributed by atoms with Gasteiger partial charge in [-0.05, 0) is 50.1 Å². The van der Waals surface area contributed by atoms with Crippen LogP contribution in [0.5, 0.6) is 0 Å². The number of amides is 2. The van der Waals surface area contributed by atoms with Gasteiger partial charge in [0.15, 0.2) is 0 Å². The number of anilines is 1. The van der Waals surface area contributed by atoms with Crippen molar-refractivity contribution in [3.63, 3.8) is 0 Å². The van der Waals surface area contributed by atoms with Gasteiger partial charge in [0.25, 0.3) is 5.91 Å². The van der Waals surface area contributed by atoms with Crippen molar-refractivity contribution < 1.29 is 9.59 Å². The number of likely N-dealkylation sites (tertiary alicyclic amines) is 1. The number of aromatic amines is 1. The Morgan fingerprint density at radius 3 is 2.80 bits per heavy atom. The molecule has 3 heterocycles. The normalized spacial score (nSPS) is 16.6. The van der Waals surface area contributed by atoms with E-state index in [2.05, 4.69) is 30.6 Å². The monoisotopic (exact) mass is 511 g/mol. The minimum atomic E-state index is -0.499. The quantitative estimate of drug-likeness (QED) is 0.367. The van der Waals surface area contributed by atoms with E-state index in [1.165, 1.54) is 6.33 Å². The molecule has 1 fully saturated rings. The van der Waals surface area contributed by atoms with Crippen LogP contribution in [0.15, 0.2) is 36.7 Å². The molecule has 11 heteroatoms. The van der Waals surface area contributed by atoms with Crippen molar-refractivity contribution in [1.82, 2.24) is 30.2 Å². The molecule has 1 saturated heterocycles. The third kappa shape index (κ3) is 4.37. The van der Waals surface area contributed by atoms with Crippen molar-refractivity contribution in [2.24, 2.45) is 0 Å². The number of likely N-dealkylation sites (N-methyl/N-ethyl adjacent to an activating group) is 1. The number of fused-ring (bicyclic) bond motifs is 2. The van der Waals surface area contributed by atoms with Crippen LogP contribution in [-0.2, 0) is 4.79 Å². The summed E-state index contributed by atoms with van der Waals surface area (Å²) in [6.07, 6.45) is 2.82. The fourth-order valence-corrected chi connectivity index (χ4v) is 4.86. The molecule has 3 N–H and O–H groups in total. The first kappa shape index (κ1) is 23.3. The second-order valence-electron chi connectivity index (χ2n) is 8.49. The van der Waals surface area contributed by atoms with Crippen molar-refractivity contribution in [1.29, 1.82) is 0 Å². The standard InChI is InChI=1S/C24H23Cl2N7O2/c1-12(21-31-17-6-5-13(25)8-19(17)32-21)30-22-15-9-16(26)14(10-18(15)28-11-29-22)24(35)33-7-3-4-20(33)23(34)27-2/h5-6,8-12,20H,3-4,7H2,1-2H3,(H,27,34)(H,31,32)(H,28,29,30)/t12?,20-/m0/s1. The molecule has 9 nitrogen and oxygen atoms in total. The van der Waals surface area contributed by atoms with Crippen LogP contribution >= 0.6 is 23.2 Å².